The zero-order chi connectivity index (χ0) is 22.8. The van der Waals surface area contributed by atoms with E-state index in [-0.39, 0.29) is 29.6 Å². The van der Waals surface area contributed by atoms with Gasteiger partial charge in [-0.15, -0.1) is 0 Å². The van der Waals surface area contributed by atoms with Crippen LogP contribution in [0.5, 0.6) is 17.2 Å². The third-order valence-corrected chi connectivity index (χ3v) is 5.40. The molecule has 1 saturated carbocycles. The smallest absolute Gasteiger partial charge is 0.335 e. The number of aromatic hydroxyl groups is 1. The third-order valence-electron chi connectivity index (χ3n) is 5.40. The summed E-state index contributed by atoms with van der Waals surface area (Å²) in [6, 6.07) is 7.79. The number of aromatic carboxylic acids is 1. The van der Waals surface area contributed by atoms with Gasteiger partial charge in [-0.05, 0) is 50.1 Å². The Morgan fingerprint density at radius 3 is 2.47 bits per heavy atom. The molecule has 3 aromatic rings. The summed E-state index contributed by atoms with van der Waals surface area (Å²) in [7, 11) is 1.50. The minimum atomic E-state index is -1.05. The highest BCUT2D eigenvalue weighted by Gasteiger charge is 2.32. The van der Waals surface area contributed by atoms with E-state index in [2.05, 4.69) is 9.97 Å². The molecule has 0 bridgehead atoms. The van der Waals surface area contributed by atoms with Gasteiger partial charge < -0.3 is 19.7 Å². The van der Waals surface area contributed by atoms with Gasteiger partial charge in [0.15, 0.2) is 5.78 Å². The van der Waals surface area contributed by atoms with Crippen LogP contribution in [-0.4, -0.2) is 39.0 Å². The number of nitrogens with zero attached hydrogens (tertiary/aromatic N) is 2. The number of Topliss-reactive ketones (excluding diaryl/α,β-unsaturated/α-hetero) is 1. The summed E-state index contributed by atoms with van der Waals surface area (Å²) in [5, 5.41) is 19.6. The number of aromatic nitrogens is 2. The van der Waals surface area contributed by atoms with E-state index in [0.29, 0.717) is 39.6 Å². The number of ether oxygens (including phenoxy) is 2. The first kappa shape index (κ1) is 21.3. The molecule has 0 amide bonds. The fourth-order valence-corrected chi connectivity index (χ4v) is 3.36. The van der Waals surface area contributed by atoms with Crippen LogP contribution in [0, 0.1) is 12.8 Å². The Hall–Kier alpha value is -3.94. The maximum atomic E-state index is 12.3. The second-order valence-electron chi connectivity index (χ2n) is 7.63. The quantitative estimate of drug-likeness (QED) is 0.510. The molecule has 2 N–H and O–H groups in total. The first-order valence-corrected chi connectivity index (χ1v) is 10.1. The predicted octanol–water partition coefficient (Wildman–Crippen LogP) is 4.04. The van der Waals surface area contributed by atoms with Gasteiger partial charge in [-0.3, -0.25) is 14.8 Å². The van der Waals surface area contributed by atoms with Gasteiger partial charge in [-0.2, -0.15) is 0 Å². The Balaban J connectivity index is 1.49. The van der Waals surface area contributed by atoms with Gasteiger partial charge in [-0.25, -0.2) is 4.79 Å². The average molecular weight is 434 g/mol. The number of methoxy groups -OCH3 is 1. The number of rotatable bonds is 8. The Morgan fingerprint density at radius 2 is 1.84 bits per heavy atom. The van der Waals surface area contributed by atoms with E-state index in [9.17, 15) is 19.8 Å². The molecule has 8 heteroatoms. The molecule has 0 aliphatic heterocycles. The lowest BCUT2D eigenvalue weighted by Gasteiger charge is -2.13. The van der Waals surface area contributed by atoms with Gasteiger partial charge in [0.2, 0.25) is 0 Å². The number of carbonyl (C=O) groups excluding carboxylic acids is 1. The van der Waals surface area contributed by atoms with Crippen molar-refractivity contribution in [1.29, 1.82) is 0 Å². The Kier molecular flexibility index (Phi) is 5.77. The highest BCUT2D eigenvalue weighted by Crippen LogP contribution is 2.38. The van der Waals surface area contributed by atoms with Crippen LogP contribution >= 0.6 is 0 Å². The number of benzene rings is 2. The standard InChI is InChI=1S/C24H22N2O6/c1-13-20(8-6-17(22(13)27)23(28)14-3-4-14)32-12-16-10-26-19(11-25-16)18-9-15(24(29)30)5-7-21(18)31-2/h5-11,14,27H,3-4,12H2,1-2H3,(H,29,30). The van der Waals surface area contributed by atoms with Gasteiger partial charge in [0, 0.05) is 17.0 Å². The van der Waals surface area contributed by atoms with Crippen molar-refractivity contribution in [3.63, 3.8) is 0 Å². The Morgan fingerprint density at radius 1 is 1.09 bits per heavy atom. The molecule has 1 heterocycles. The minimum Gasteiger partial charge on any atom is -0.507 e. The molecule has 0 spiro atoms. The van der Waals surface area contributed by atoms with E-state index in [1.807, 2.05) is 0 Å². The molecule has 2 aromatic carbocycles. The highest BCUT2D eigenvalue weighted by molar-refractivity contribution is 6.02. The zero-order valence-electron chi connectivity index (χ0n) is 17.7. The van der Waals surface area contributed by atoms with Crippen LogP contribution in [0.3, 0.4) is 0 Å². The van der Waals surface area contributed by atoms with Crippen LogP contribution in [0.2, 0.25) is 0 Å². The fraction of sp³-hybridized carbons (Fsp3) is 0.250. The number of phenols is 1. The van der Waals surface area contributed by atoms with Crippen LogP contribution in [-0.2, 0) is 6.61 Å². The van der Waals surface area contributed by atoms with Crippen molar-refractivity contribution in [2.24, 2.45) is 5.92 Å². The molecule has 1 fully saturated rings. The lowest BCUT2D eigenvalue weighted by molar-refractivity contribution is 0.0696. The fourth-order valence-electron chi connectivity index (χ4n) is 3.36. The molecular formula is C24H22N2O6. The van der Waals surface area contributed by atoms with Gasteiger partial charge in [-0.1, -0.05) is 0 Å². The average Bonchev–Trinajstić information content (AvgIpc) is 3.65. The molecule has 164 valence electrons. The summed E-state index contributed by atoms with van der Waals surface area (Å²) in [6.45, 7) is 1.81. The van der Waals surface area contributed by atoms with E-state index in [1.54, 1.807) is 25.1 Å². The molecule has 0 saturated heterocycles. The van der Waals surface area contributed by atoms with Gasteiger partial charge >= 0.3 is 5.97 Å². The van der Waals surface area contributed by atoms with Crippen LogP contribution in [0.25, 0.3) is 11.3 Å². The summed E-state index contributed by atoms with van der Waals surface area (Å²) >= 11 is 0. The van der Waals surface area contributed by atoms with Crippen molar-refractivity contribution in [3.05, 3.63) is 65.1 Å². The monoisotopic (exact) mass is 434 g/mol. The Bertz CT molecular complexity index is 1190. The van der Waals surface area contributed by atoms with Crippen molar-refractivity contribution in [3.8, 4) is 28.5 Å². The third kappa shape index (κ3) is 4.25. The van der Waals surface area contributed by atoms with Crippen molar-refractivity contribution in [1.82, 2.24) is 9.97 Å². The van der Waals surface area contributed by atoms with Gasteiger partial charge in [0.25, 0.3) is 0 Å². The van der Waals surface area contributed by atoms with Gasteiger partial charge in [0.05, 0.1) is 42.0 Å². The van der Waals surface area contributed by atoms with Crippen molar-refractivity contribution in [2.75, 3.05) is 7.11 Å². The second kappa shape index (κ2) is 8.66. The maximum Gasteiger partial charge on any atom is 0.335 e. The first-order valence-electron chi connectivity index (χ1n) is 10.1. The van der Waals surface area contributed by atoms with Crippen LogP contribution in [0.4, 0.5) is 0 Å². The molecule has 0 unspecified atom stereocenters. The molecule has 1 aliphatic carbocycles. The van der Waals surface area contributed by atoms with Crippen molar-refractivity contribution in [2.45, 2.75) is 26.4 Å². The lowest BCUT2D eigenvalue weighted by Crippen LogP contribution is -2.05. The molecule has 4 rings (SSSR count). The van der Waals surface area contributed by atoms with Crippen LogP contribution < -0.4 is 9.47 Å². The minimum absolute atomic E-state index is 0.0238. The Labute approximate surface area is 184 Å². The van der Waals surface area contributed by atoms with E-state index in [0.717, 1.165) is 12.8 Å². The summed E-state index contributed by atoms with van der Waals surface area (Å²) in [5.74, 6) is -0.157. The number of phenolic OH excluding ortho intramolecular Hbond substituents is 1. The van der Waals surface area contributed by atoms with E-state index >= 15 is 0 Å². The second-order valence-corrected chi connectivity index (χ2v) is 7.63. The summed E-state index contributed by atoms with van der Waals surface area (Å²) in [5.41, 5.74) is 2.47. The van der Waals surface area contributed by atoms with E-state index < -0.39 is 5.97 Å². The topological polar surface area (TPSA) is 119 Å². The number of carboxylic acids is 1. The molecule has 0 radical (unpaired) electrons. The van der Waals surface area contributed by atoms with Crippen molar-refractivity contribution < 1.29 is 29.3 Å². The lowest BCUT2D eigenvalue weighted by atomic mass is 10.0. The van der Waals surface area contributed by atoms with Gasteiger partial charge in [0.1, 0.15) is 23.9 Å². The van der Waals surface area contributed by atoms with Crippen LogP contribution in [0.1, 0.15) is 44.8 Å². The predicted molar refractivity (Wildman–Crippen MR) is 115 cm³/mol. The molecule has 0 atom stereocenters. The SMILES string of the molecule is COc1ccc(C(=O)O)cc1-c1cnc(COc2ccc(C(=O)C3CC3)c(O)c2C)cn1. The molecular weight excluding hydrogens is 412 g/mol. The molecule has 8 nitrogen and oxygen atoms in total. The number of hydrogen-bond donors (Lipinski definition) is 2. The number of hydrogen-bond acceptors (Lipinski definition) is 7. The molecule has 1 aliphatic rings. The van der Waals surface area contributed by atoms with Crippen LogP contribution in [0.15, 0.2) is 42.7 Å². The van der Waals surface area contributed by atoms with E-state index in [4.69, 9.17) is 9.47 Å². The summed E-state index contributed by atoms with van der Waals surface area (Å²) in [4.78, 5) is 32.2. The largest absolute Gasteiger partial charge is 0.507 e. The normalized spacial score (nSPS) is 12.9. The molecule has 1 aromatic heterocycles. The molecule has 32 heavy (non-hydrogen) atoms. The number of carbonyl (C=O) groups is 2. The van der Waals surface area contributed by atoms with E-state index in [1.165, 1.54) is 31.6 Å². The maximum absolute atomic E-state index is 12.3. The zero-order valence-corrected chi connectivity index (χ0v) is 17.7. The summed E-state index contributed by atoms with van der Waals surface area (Å²) in [6.07, 6.45) is 4.79. The number of ketones is 1. The first-order chi connectivity index (χ1) is 15.4. The number of carboxylic acid groups (broad SMARTS) is 1. The van der Waals surface area contributed by atoms with Crippen molar-refractivity contribution >= 4 is 11.8 Å². The summed E-state index contributed by atoms with van der Waals surface area (Å²) < 4.78 is 11.1. The highest BCUT2D eigenvalue weighted by atomic mass is 16.5.